The van der Waals surface area contributed by atoms with Crippen LogP contribution in [0.2, 0.25) is 10.0 Å². The third-order valence-corrected chi connectivity index (χ3v) is 3.31. The molecule has 20 heavy (non-hydrogen) atoms. The SMILES string of the molecule is COc1c(Cl)cc(C(=O)NCCC(C)C(=O)O)cc1Cl. The Morgan fingerprint density at radius 1 is 1.35 bits per heavy atom. The summed E-state index contributed by atoms with van der Waals surface area (Å²) in [6.07, 6.45) is 0.346. The summed E-state index contributed by atoms with van der Waals surface area (Å²) in [6.45, 7) is 1.84. The van der Waals surface area contributed by atoms with E-state index in [1.54, 1.807) is 6.92 Å². The summed E-state index contributed by atoms with van der Waals surface area (Å²) in [5.41, 5.74) is 0.295. The molecule has 0 aliphatic carbocycles. The van der Waals surface area contributed by atoms with Gasteiger partial charge in [0.25, 0.3) is 5.91 Å². The van der Waals surface area contributed by atoms with Crippen LogP contribution in [-0.2, 0) is 4.79 Å². The summed E-state index contributed by atoms with van der Waals surface area (Å²) in [6, 6.07) is 2.89. The molecular weight excluding hydrogens is 305 g/mol. The number of rotatable bonds is 6. The van der Waals surface area contributed by atoms with E-state index in [0.29, 0.717) is 17.7 Å². The highest BCUT2D eigenvalue weighted by Gasteiger charge is 2.14. The maximum atomic E-state index is 11.9. The van der Waals surface area contributed by atoms with Gasteiger partial charge in [0.05, 0.1) is 23.1 Å². The predicted molar refractivity (Wildman–Crippen MR) is 76.8 cm³/mol. The van der Waals surface area contributed by atoms with Crippen LogP contribution in [0.15, 0.2) is 12.1 Å². The maximum Gasteiger partial charge on any atom is 0.306 e. The molecule has 0 spiro atoms. The van der Waals surface area contributed by atoms with Crippen molar-refractivity contribution in [1.29, 1.82) is 0 Å². The largest absolute Gasteiger partial charge is 0.494 e. The van der Waals surface area contributed by atoms with Gasteiger partial charge in [0.1, 0.15) is 0 Å². The Morgan fingerprint density at radius 3 is 2.35 bits per heavy atom. The number of benzene rings is 1. The zero-order chi connectivity index (χ0) is 15.3. The fourth-order valence-corrected chi connectivity index (χ4v) is 2.16. The molecule has 1 atom stereocenters. The second-order valence-corrected chi connectivity index (χ2v) is 5.07. The van der Waals surface area contributed by atoms with Crippen molar-refractivity contribution in [2.24, 2.45) is 5.92 Å². The van der Waals surface area contributed by atoms with Gasteiger partial charge in [-0.25, -0.2) is 0 Å². The van der Waals surface area contributed by atoms with E-state index in [1.165, 1.54) is 19.2 Å². The van der Waals surface area contributed by atoms with Gasteiger partial charge in [-0.3, -0.25) is 9.59 Å². The van der Waals surface area contributed by atoms with Crippen molar-refractivity contribution in [2.75, 3.05) is 13.7 Å². The molecule has 0 aliphatic rings. The van der Waals surface area contributed by atoms with E-state index in [0.717, 1.165) is 0 Å². The van der Waals surface area contributed by atoms with Crippen molar-refractivity contribution in [3.8, 4) is 5.75 Å². The molecule has 0 radical (unpaired) electrons. The smallest absolute Gasteiger partial charge is 0.306 e. The van der Waals surface area contributed by atoms with Gasteiger partial charge in [0, 0.05) is 12.1 Å². The van der Waals surface area contributed by atoms with Crippen molar-refractivity contribution >= 4 is 35.1 Å². The van der Waals surface area contributed by atoms with Crippen LogP contribution < -0.4 is 10.1 Å². The molecule has 1 unspecified atom stereocenters. The molecule has 5 nitrogen and oxygen atoms in total. The average molecular weight is 320 g/mol. The van der Waals surface area contributed by atoms with Gasteiger partial charge in [-0.1, -0.05) is 30.1 Å². The van der Waals surface area contributed by atoms with Crippen molar-refractivity contribution in [3.63, 3.8) is 0 Å². The Morgan fingerprint density at radius 2 is 1.90 bits per heavy atom. The highest BCUT2D eigenvalue weighted by Crippen LogP contribution is 2.33. The lowest BCUT2D eigenvalue weighted by atomic mass is 10.1. The number of carbonyl (C=O) groups is 2. The number of carboxylic acids is 1. The molecule has 0 heterocycles. The number of carbonyl (C=O) groups excluding carboxylic acids is 1. The lowest BCUT2D eigenvalue weighted by molar-refractivity contribution is -0.141. The fraction of sp³-hybridized carbons (Fsp3) is 0.385. The van der Waals surface area contributed by atoms with Gasteiger partial charge in [0.15, 0.2) is 5.75 Å². The third kappa shape index (κ3) is 4.28. The number of ether oxygens (including phenoxy) is 1. The molecule has 7 heteroatoms. The number of methoxy groups -OCH3 is 1. The zero-order valence-electron chi connectivity index (χ0n) is 11.1. The van der Waals surface area contributed by atoms with Gasteiger partial charge >= 0.3 is 5.97 Å². The quantitative estimate of drug-likeness (QED) is 0.845. The van der Waals surface area contributed by atoms with Crippen LogP contribution in [0.25, 0.3) is 0 Å². The second kappa shape index (κ2) is 7.36. The first-order valence-electron chi connectivity index (χ1n) is 5.90. The number of hydrogen-bond donors (Lipinski definition) is 2. The average Bonchev–Trinajstić information content (AvgIpc) is 2.37. The molecule has 2 N–H and O–H groups in total. The third-order valence-electron chi connectivity index (χ3n) is 2.75. The van der Waals surface area contributed by atoms with Crippen LogP contribution in [0.5, 0.6) is 5.75 Å². The van der Waals surface area contributed by atoms with Gasteiger partial charge in [-0.05, 0) is 18.6 Å². The topological polar surface area (TPSA) is 75.6 Å². The van der Waals surface area contributed by atoms with Crippen LogP contribution in [0.1, 0.15) is 23.7 Å². The number of amides is 1. The molecule has 0 aliphatic heterocycles. The van der Waals surface area contributed by atoms with E-state index in [4.69, 9.17) is 33.0 Å². The summed E-state index contributed by atoms with van der Waals surface area (Å²) in [5, 5.41) is 11.8. The summed E-state index contributed by atoms with van der Waals surface area (Å²) in [7, 11) is 1.43. The summed E-state index contributed by atoms with van der Waals surface area (Å²) < 4.78 is 4.99. The molecule has 1 aromatic carbocycles. The first-order valence-corrected chi connectivity index (χ1v) is 6.66. The Labute approximate surface area is 126 Å². The van der Waals surface area contributed by atoms with Crippen LogP contribution in [-0.4, -0.2) is 30.6 Å². The van der Waals surface area contributed by atoms with Crippen LogP contribution >= 0.6 is 23.2 Å². The molecule has 1 amide bonds. The van der Waals surface area contributed by atoms with E-state index in [-0.39, 0.29) is 22.5 Å². The summed E-state index contributed by atoms with van der Waals surface area (Å²) in [4.78, 5) is 22.5. The van der Waals surface area contributed by atoms with E-state index in [1.807, 2.05) is 0 Å². The minimum absolute atomic E-state index is 0.240. The number of halogens is 2. The lowest BCUT2D eigenvalue weighted by Crippen LogP contribution is -2.27. The van der Waals surface area contributed by atoms with E-state index in [2.05, 4.69) is 5.32 Å². The molecular formula is C13H15Cl2NO4. The number of hydrogen-bond acceptors (Lipinski definition) is 3. The van der Waals surface area contributed by atoms with Gasteiger partial charge in [-0.15, -0.1) is 0 Å². The van der Waals surface area contributed by atoms with Crippen LogP contribution in [0, 0.1) is 5.92 Å². The van der Waals surface area contributed by atoms with Gasteiger partial charge < -0.3 is 15.2 Å². The predicted octanol–water partition coefficient (Wildman–Crippen LogP) is 2.84. The molecule has 1 aromatic rings. The highest BCUT2D eigenvalue weighted by molar-refractivity contribution is 6.37. The van der Waals surface area contributed by atoms with E-state index >= 15 is 0 Å². The summed E-state index contributed by atoms with van der Waals surface area (Å²) >= 11 is 11.9. The van der Waals surface area contributed by atoms with E-state index < -0.39 is 11.9 Å². The van der Waals surface area contributed by atoms with Gasteiger partial charge in [0.2, 0.25) is 0 Å². The lowest BCUT2D eigenvalue weighted by Gasteiger charge is -2.10. The highest BCUT2D eigenvalue weighted by atomic mass is 35.5. The van der Waals surface area contributed by atoms with Crippen LogP contribution in [0.3, 0.4) is 0 Å². The molecule has 110 valence electrons. The summed E-state index contributed by atoms with van der Waals surface area (Å²) in [5.74, 6) is -1.47. The Hall–Kier alpha value is -1.46. The number of nitrogens with one attached hydrogen (secondary N) is 1. The van der Waals surface area contributed by atoms with E-state index in [9.17, 15) is 9.59 Å². The molecule has 0 fully saturated rings. The normalized spacial score (nSPS) is 11.8. The van der Waals surface area contributed by atoms with Crippen molar-refractivity contribution in [1.82, 2.24) is 5.32 Å². The molecule has 1 rings (SSSR count). The van der Waals surface area contributed by atoms with Crippen LogP contribution in [0.4, 0.5) is 0 Å². The molecule has 0 saturated carbocycles. The number of aliphatic carboxylic acids is 1. The Kier molecular flexibility index (Phi) is 6.10. The second-order valence-electron chi connectivity index (χ2n) is 4.26. The van der Waals surface area contributed by atoms with Crippen molar-refractivity contribution in [3.05, 3.63) is 27.7 Å². The first kappa shape index (κ1) is 16.6. The molecule has 0 saturated heterocycles. The van der Waals surface area contributed by atoms with Crippen molar-refractivity contribution in [2.45, 2.75) is 13.3 Å². The van der Waals surface area contributed by atoms with Gasteiger partial charge in [-0.2, -0.15) is 0 Å². The Bertz CT molecular complexity index is 496. The molecule has 0 bridgehead atoms. The monoisotopic (exact) mass is 319 g/mol. The Balaban J connectivity index is 2.67. The van der Waals surface area contributed by atoms with Crippen molar-refractivity contribution < 1.29 is 19.4 Å². The first-order chi connectivity index (χ1) is 9.36. The number of carboxylic acid groups (broad SMARTS) is 1. The molecule has 0 aromatic heterocycles. The maximum absolute atomic E-state index is 11.9. The fourth-order valence-electron chi connectivity index (χ4n) is 1.51. The zero-order valence-corrected chi connectivity index (χ0v) is 12.6. The minimum atomic E-state index is -0.894. The standard InChI is InChI=1S/C13H15Cl2NO4/c1-7(13(18)19)3-4-16-12(17)8-5-9(14)11(20-2)10(15)6-8/h5-7H,3-4H2,1-2H3,(H,16,17)(H,18,19). The minimum Gasteiger partial charge on any atom is -0.494 e.